The van der Waals surface area contributed by atoms with Gasteiger partial charge in [0.05, 0.1) is 0 Å². The molecule has 11 heavy (non-hydrogen) atoms. The average Bonchev–Trinajstić information content (AvgIpc) is 2.30. The molecular weight excluding hydrogens is 140 g/mol. The van der Waals surface area contributed by atoms with Crippen LogP contribution in [0.15, 0.2) is 36.1 Å². The van der Waals surface area contributed by atoms with Crippen molar-refractivity contribution in [1.29, 1.82) is 0 Å². The molecule has 0 aliphatic heterocycles. The Bertz CT molecular complexity index is 259. The Balaban J connectivity index is 3.07. The summed E-state index contributed by atoms with van der Waals surface area (Å²) in [6.45, 7) is 6.86. The van der Waals surface area contributed by atoms with E-state index in [-0.39, 0.29) is 11.5 Å². The summed E-state index contributed by atoms with van der Waals surface area (Å²) in [5.41, 5.74) is 1.17. The van der Waals surface area contributed by atoms with Gasteiger partial charge in [0.25, 0.3) is 0 Å². The molecule has 0 saturated heterocycles. The average molecular weight is 150 g/mol. The fourth-order valence-electron chi connectivity index (χ4n) is 1.21. The smallest absolute Gasteiger partial charge is 0.163 e. The molecule has 0 spiro atoms. The van der Waals surface area contributed by atoms with Crippen LogP contribution in [0.3, 0.4) is 0 Å². The first-order valence-corrected chi connectivity index (χ1v) is 3.44. The molecule has 0 aromatic heterocycles. The van der Waals surface area contributed by atoms with E-state index in [0.717, 1.165) is 0 Å². The highest BCUT2D eigenvalue weighted by molar-refractivity contribution is 6.01. The Morgan fingerprint density at radius 3 is 2.55 bits per heavy atom. The first-order valence-electron chi connectivity index (χ1n) is 3.44. The van der Waals surface area contributed by atoms with Gasteiger partial charge in [-0.05, 0) is 6.42 Å². The fraction of sp³-hybridized carbons (Fsp3) is 0.222. The summed E-state index contributed by atoms with van der Waals surface area (Å²) in [6.07, 6.45) is 2.54. The molecular formula is C9H10O2. The highest BCUT2D eigenvalue weighted by Crippen LogP contribution is 2.27. The molecule has 0 amide bonds. The van der Waals surface area contributed by atoms with Gasteiger partial charge in [0.1, 0.15) is 5.76 Å². The molecule has 0 fully saturated rings. The van der Waals surface area contributed by atoms with Gasteiger partial charge in [0.15, 0.2) is 5.78 Å². The van der Waals surface area contributed by atoms with E-state index in [0.29, 0.717) is 24.0 Å². The van der Waals surface area contributed by atoms with Crippen LogP contribution in [0.4, 0.5) is 0 Å². The van der Waals surface area contributed by atoms with Gasteiger partial charge in [-0.3, -0.25) is 4.79 Å². The molecule has 1 aliphatic rings. The highest BCUT2D eigenvalue weighted by atomic mass is 16.3. The van der Waals surface area contributed by atoms with Crippen molar-refractivity contribution in [2.45, 2.75) is 12.8 Å². The van der Waals surface area contributed by atoms with Gasteiger partial charge in [-0.15, -0.1) is 0 Å². The van der Waals surface area contributed by atoms with Crippen LogP contribution in [0, 0.1) is 0 Å². The number of hydrogen-bond acceptors (Lipinski definition) is 2. The second kappa shape index (κ2) is 2.74. The standard InChI is InChI=1S/C9H10O2/c1-3-7-8(6(2)10)4-5-9(7)11/h3,10H,1-2,4-5H2. The van der Waals surface area contributed by atoms with E-state index in [1.807, 2.05) is 0 Å². The van der Waals surface area contributed by atoms with Crippen molar-refractivity contribution >= 4 is 5.78 Å². The summed E-state index contributed by atoms with van der Waals surface area (Å²) in [5, 5.41) is 9.02. The lowest BCUT2D eigenvalue weighted by Crippen LogP contribution is -1.92. The van der Waals surface area contributed by atoms with Gasteiger partial charge in [-0.1, -0.05) is 19.2 Å². The molecule has 0 aromatic carbocycles. The summed E-state index contributed by atoms with van der Waals surface area (Å²) >= 11 is 0. The van der Waals surface area contributed by atoms with Crippen LogP contribution in [0.25, 0.3) is 0 Å². The molecule has 1 rings (SSSR count). The monoisotopic (exact) mass is 150 g/mol. The van der Waals surface area contributed by atoms with Crippen molar-refractivity contribution in [3.05, 3.63) is 36.1 Å². The number of aliphatic hydroxyl groups excluding tert-OH is 1. The van der Waals surface area contributed by atoms with E-state index in [1.165, 1.54) is 6.08 Å². The first kappa shape index (κ1) is 7.79. The van der Waals surface area contributed by atoms with Gasteiger partial charge in [0, 0.05) is 17.6 Å². The van der Waals surface area contributed by atoms with Crippen molar-refractivity contribution in [2.75, 3.05) is 0 Å². The number of allylic oxidation sites excluding steroid dienone is 3. The molecule has 0 radical (unpaired) electrons. The second-order valence-electron chi connectivity index (χ2n) is 2.47. The Labute approximate surface area is 65.5 Å². The molecule has 0 bridgehead atoms. The minimum absolute atomic E-state index is 0.00856. The second-order valence-corrected chi connectivity index (χ2v) is 2.47. The summed E-state index contributed by atoms with van der Waals surface area (Å²) in [7, 11) is 0. The number of hydrogen-bond donors (Lipinski definition) is 1. The third kappa shape index (κ3) is 1.24. The minimum Gasteiger partial charge on any atom is -0.508 e. The molecule has 0 atom stereocenters. The van der Waals surface area contributed by atoms with Crippen molar-refractivity contribution in [1.82, 2.24) is 0 Å². The Kier molecular flexibility index (Phi) is 1.94. The fourth-order valence-corrected chi connectivity index (χ4v) is 1.21. The van der Waals surface area contributed by atoms with E-state index in [4.69, 9.17) is 5.11 Å². The number of rotatable bonds is 2. The summed E-state index contributed by atoms with van der Waals surface area (Å²) in [6, 6.07) is 0. The SMILES string of the molecule is C=CC1=C(C(=C)O)CCC1=O. The van der Waals surface area contributed by atoms with Crippen molar-refractivity contribution in [3.63, 3.8) is 0 Å². The van der Waals surface area contributed by atoms with Crippen LogP contribution in [-0.2, 0) is 4.79 Å². The third-order valence-electron chi connectivity index (χ3n) is 1.78. The van der Waals surface area contributed by atoms with Crippen molar-refractivity contribution in [3.8, 4) is 0 Å². The zero-order valence-electron chi connectivity index (χ0n) is 6.26. The topological polar surface area (TPSA) is 37.3 Å². The van der Waals surface area contributed by atoms with Crippen LogP contribution >= 0.6 is 0 Å². The molecule has 1 N–H and O–H groups in total. The highest BCUT2D eigenvalue weighted by Gasteiger charge is 2.21. The maximum atomic E-state index is 11.0. The van der Waals surface area contributed by atoms with Crippen molar-refractivity contribution < 1.29 is 9.90 Å². The van der Waals surface area contributed by atoms with Crippen LogP contribution in [-0.4, -0.2) is 10.9 Å². The number of ketones is 1. The lowest BCUT2D eigenvalue weighted by molar-refractivity contribution is -0.114. The molecule has 58 valence electrons. The quantitative estimate of drug-likeness (QED) is 0.610. The van der Waals surface area contributed by atoms with E-state index in [2.05, 4.69) is 13.2 Å². The van der Waals surface area contributed by atoms with Crippen LogP contribution in [0.1, 0.15) is 12.8 Å². The lowest BCUT2D eigenvalue weighted by Gasteiger charge is -1.97. The van der Waals surface area contributed by atoms with E-state index in [1.54, 1.807) is 0 Å². The van der Waals surface area contributed by atoms with Gasteiger partial charge in [-0.25, -0.2) is 0 Å². The Morgan fingerprint density at radius 1 is 1.55 bits per heavy atom. The number of aliphatic hydroxyl groups is 1. The maximum absolute atomic E-state index is 11.0. The largest absolute Gasteiger partial charge is 0.508 e. The predicted molar refractivity (Wildman–Crippen MR) is 43.2 cm³/mol. The zero-order valence-corrected chi connectivity index (χ0v) is 6.26. The van der Waals surface area contributed by atoms with Gasteiger partial charge in [0.2, 0.25) is 0 Å². The minimum atomic E-state index is -0.00856. The molecule has 2 nitrogen and oxygen atoms in total. The molecule has 0 saturated carbocycles. The number of Topliss-reactive ketones (excluding diaryl/α,β-unsaturated/α-hetero) is 1. The van der Waals surface area contributed by atoms with E-state index >= 15 is 0 Å². The molecule has 1 aliphatic carbocycles. The molecule has 0 unspecified atom stereocenters. The zero-order chi connectivity index (χ0) is 8.43. The van der Waals surface area contributed by atoms with Crippen LogP contribution < -0.4 is 0 Å². The predicted octanol–water partition coefficient (Wildman–Crippen LogP) is 1.90. The Hall–Kier alpha value is -1.31. The first-order chi connectivity index (χ1) is 5.16. The summed E-state index contributed by atoms with van der Waals surface area (Å²) in [5.74, 6) is 0.0379. The van der Waals surface area contributed by atoms with E-state index < -0.39 is 0 Å². The van der Waals surface area contributed by atoms with Gasteiger partial charge < -0.3 is 5.11 Å². The van der Waals surface area contributed by atoms with Crippen LogP contribution in [0.2, 0.25) is 0 Å². The summed E-state index contributed by atoms with van der Waals surface area (Å²) < 4.78 is 0. The Morgan fingerprint density at radius 2 is 2.18 bits per heavy atom. The van der Waals surface area contributed by atoms with Crippen LogP contribution in [0.5, 0.6) is 0 Å². The number of carbonyl (C=O) groups is 1. The normalized spacial score (nSPS) is 17.3. The van der Waals surface area contributed by atoms with Gasteiger partial charge >= 0.3 is 0 Å². The maximum Gasteiger partial charge on any atom is 0.163 e. The van der Waals surface area contributed by atoms with Crippen molar-refractivity contribution in [2.24, 2.45) is 0 Å². The summed E-state index contributed by atoms with van der Waals surface area (Å²) in [4.78, 5) is 11.0. The molecule has 0 aromatic rings. The molecule has 2 heteroatoms. The molecule has 0 heterocycles. The number of carbonyl (C=O) groups excluding carboxylic acids is 1. The van der Waals surface area contributed by atoms with Gasteiger partial charge in [-0.2, -0.15) is 0 Å². The third-order valence-corrected chi connectivity index (χ3v) is 1.78. The lowest BCUT2D eigenvalue weighted by atomic mass is 10.1. The van der Waals surface area contributed by atoms with E-state index in [9.17, 15) is 4.79 Å².